The predicted octanol–water partition coefficient (Wildman–Crippen LogP) is 2.30. The number of benzene rings is 1. The van der Waals surface area contributed by atoms with Gasteiger partial charge < -0.3 is 14.2 Å². The van der Waals surface area contributed by atoms with Crippen molar-refractivity contribution in [3.8, 4) is 5.75 Å². The average molecular weight is 262 g/mol. The summed E-state index contributed by atoms with van der Waals surface area (Å²) >= 11 is 0. The zero-order valence-electron chi connectivity index (χ0n) is 9.27. The number of halogens is 3. The fraction of sp³-hybridized carbons (Fsp3) is 0.300. The first-order chi connectivity index (χ1) is 8.48. The van der Waals surface area contributed by atoms with Gasteiger partial charge in [0.15, 0.2) is 6.73 Å². The number of hydrogen-bond acceptors (Lipinski definition) is 5. The SMILES string of the molecule is COC1=NN(c2cccc(OC(F)(F)F)c2)CO1. The number of ether oxygens (including phenoxy) is 3. The molecule has 0 saturated heterocycles. The van der Waals surface area contributed by atoms with Crippen LogP contribution in [0.15, 0.2) is 29.4 Å². The second-order valence-corrected chi connectivity index (χ2v) is 3.29. The van der Waals surface area contributed by atoms with Crippen molar-refractivity contribution in [3.63, 3.8) is 0 Å². The van der Waals surface area contributed by atoms with E-state index in [9.17, 15) is 13.2 Å². The number of hydrazone groups is 1. The summed E-state index contributed by atoms with van der Waals surface area (Å²) in [6.45, 7) is 0.0681. The molecule has 8 heteroatoms. The van der Waals surface area contributed by atoms with Crippen LogP contribution in [0.3, 0.4) is 0 Å². The molecule has 5 nitrogen and oxygen atoms in total. The summed E-state index contributed by atoms with van der Waals surface area (Å²) in [5, 5.41) is 5.23. The van der Waals surface area contributed by atoms with Crippen molar-refractivity contribution in [2.75, 3.05) is 18.8 Å². The Morgan fingerprint density at radius 2 is 2.17 bits per heavy atom. The van der Waals surface area contributed by atoms with Gasteiger partial charge in [-0.2, -0.15) is 0 Å². The van der Waals surface area contributed by atoms with Crippen LogP contribution >= 0.6 is 0 Å². The lowest BCUT2D eigenvalue weighted by molar-refractivity contribution is -0.274. The van der Waals surface area contributed by atoms with E-state index in [4.69, 9.17) is 9.47 Å². The highest BCUT2D eigenvalue weighted by molar-refractivity contribution is 5.71. The summed E-state index contributed by atoms with van der Waals surface area (Å²) < 4.78 is 49.7. The van der Waals surface area contributed by atoms with Crippen LogP contribution in [0, 0.1) is 0 Å². The molecule has 1 heterocycles. The summed E-state index contributed by atoms with van der Waals surface area (Å²) in [5.74, 6) is -0.318. The normalized spacial score (nSPS) is 15.1. The fourth-order valence-electron chi connectivity index (χ4n) is 1.35. The Hall–Kier alpha value is -2.12. The van der Waals surface area contributed by atoms with E-state index in [0.717, 1.165) is 0 Å². The van der Waals surface area contributed by atoms with Crippen LogP contribution in [0.1, 0.15) is 0 Å². The molecule has 0 aliphatic carbocycles. The lowest BCUT2D eigenvalue weighted by Crippen LogP contribution is -2.18. The maximum Gasteiger partial charge on any atom is 0.573 e. The van der Waals surface area contributed by atoms with Crippen LogP contribution in [0.4, 0.5) is 18.9 Å². The van der Waals surface area contributed by atoms with E-state index in [1.54, 1.807) is 6.07 Å². The van der Waals surface area contributed by atoms with Gasteiger partial charge in [0.1, 0.15) is 5.75 Å². The lowest BCUT2D eigenvalue weighted by atomic mass is 10.3. The average Bonchev–Trinajstić information content (AvgIpc) is 2.75. The molecule has 1 aliphatic heterocycles. The van der Waals surface area contributed by atoms with Crippen molar-refractivity contribution < 1.29 is 27.4 Å². The van der Waals surface area contributed by atoms with E-state index < -0.39 is 6.36 Å². The van der Waals surface area contributed by atoms with E-state index in [0.29, 0.717) is 5.69 Å². The van der Waals surface area contributed by atoms with Gasteiger partial charge in [-0.3, -0.25) is 0 Å². The van der Waals surface area contributed by atoms with Crippen molar-refractivity contribution in [1.29, 1.82) is 0 Å². The Labute approximate surface area is 100 Å². The van der Waals surface area contributed by atoms with Gasteiger partial charge >= 0.3 is 12.4 Å². The summed E-state index contributed by atoms with van der Waals surface area (Å²) in [4.78, 5) is 0. The lowest BCUT2D eigenvalue weighted by Gasteiger charge is -2.13. The molecule has 0 spiro atoms. The molecule has 1 aliphatic rings. The van der Waals surface area contributed by atoms with E-state index in [1.807, 2.05) is 0 Å². The van der Waals surface area contributed by atoms with Gasteiger partial charge in [-0.05, 0) is 12.1 Å². The third-order valence-electron chi connectivity index (χ3n) is 2.04. The van der Waals surface area contributed by atoms with E-state index in [1.165, 1.54) is 30.3 Å². The molecule has 0 amide bonds. The van der Waals surface area contributed by atoms with E-state index in [-0.39, 0.29) is 18.6 Å². The first-order valence-electron chi connectivity index (χ1n) is 4.87. The molecule has 98 valence electrons. The van der Waals surface area contributed by atoms with Crippen LogP contribution < -0.4 is 9.75 Å². The number of rotatable bonds is 2. The quantitative estimate of drug-likeness (QED) is 0.820. The third kappa shape index (κ3) is 2.96. The van der Waals surface area contributed by atoms with Crippen LogP contribution in [0.25, 0.3) is 0 Å². The van der Waals surface area contributed by atoms with Crippen molar-refractivity contribution in [1.82, 2.24) is 0 Å². The predicted molar refractivity (Wildman–Crippen MR) is 56.0 cm³/mol. The highest BCUT2D eigenvalue weighted by atomic mass is 19.4. The summed E-state index contributed by atoms with van der Waals surface area (Å²) in [7, 11) is 1.38. The topological polar surface area (TPSA) is 43.3 Å². The molecule has 0 saturated carbocycles. The van der Waals surface area contributed by atoms with Crippen LogP contribution in [0.5, 0.6) is 5.75 Å². The van der Waals surface area contributed by atoms with Crippen LogP contribution in [0.2, 0.25) is 0 Å². The summed E-state index contributed by atoms with van der Waals surface area (Å²) in [6.07, 6.45) is -4.67. The number of methoxy groups -OCH3 is 1. The standard InChI is InChI=1S/C10H9F3N2O3/c1-16-9-14-15(6-17-9)7-3-2-4-8(5-7)18-10(11,12)13/h2-5H,6H2,1H3. The van der Waals surface area contributed by atoms with Crippen LogP contribution in [-0.2, 0) is 9.47 Å². The number of anilines is 1. The Morgan fingerprint density at radius 3 is 2.78 bits per heavy atom. The van der Waals surface area contributed by atoms with E-state index >= 15 is 0 Å². The summed E-state index contributed by atoms with van der Waals surface area (Å²) in [6, 6.07) is 5.42. The Kier molecular flexibility index (Phi) is 3.17. The Morgan fingerprint density at radius 1 is 1.39 bits per heavy atom. The maximum absolute atomic E-state index is 12.1. The van der Waals surface area contributed by atoms with Crippen molar-refractivity contribution >= 4 is 11.8 Å². The molecule has 0 atom stereocenters. The highest BCUT2D eigenvalue weighted by Crippen LogP contribution is 2.27. The minimum atomic E-state index is -4.72. The minimum absolute atomic E-state index is 0.0529. The first-order valence-corrected chi connectivity index (χ1v) is 4.87. The minimum Gasteiger partial charge on any atom is -0.453 e. The van der Waals surface area contributed by atoms with Gasteiger partial charge in [0, 0.05) is 6.07 Å². The molecule has 0 unspecified atom stereocenters. The molecule has 0 bridgehead atoms. The fourth-order valence-corrected chi connectivity index (χ4v) is 1.35. The molecule has 1 aromatic rings. The number of nitrogens with zero attached hydrogens (tertiary/aromatic N) is 2. The van der Waals surface area contributed by atoms with Gasteiger partial charge in [0.2, 0.25) is 0 Å². The largest absolute Gasteiger partial charge is 0.573 e. The molecule has 0 fully saturated rings. The molecule has 0 radical (unpaired) electrons. The third-order valence-corrected chi connectivity index (χ3v) is 2.04. The molecular formula is C10H9F3N2O3. The number of hydrogen-bond donors (Lipinski definition) is 0. The smallest absolute Gasteiger partial charge is 0.453 e. The molecule has 0 aromatic heterocycles. The van der Waals surface area contributed by atoms with Gasteiger partial charge in [-0.1, -0.05) is 11.2 Å². The monoisotopic (exact) mass is 262 g/mol. The summed E-state index contributed by atoms with van der Waals surface area (Å²) in [5.41, 5.74) is 0.406. The van der Waals surface area contributed by atoms with Crippen molar-refractivity contribution in [2.45, 2.75) is 6.36 Å². The Balaban J connectivity index is 2.15. The van der Waals surface area contributed by atoms with Crippen molar-refractivity contribution in [2.24, 2.45) is 5.10 Å². The molecular weight excluding hydrogens is 253 g/mol. The molecule has 18 heavy (non-hydrogen) atoms. The first kappa shape index (κ1) is 12.3. The second-order valence-electron chi connectivity index (χ2n) is 3.29. The van der Waals surface area contributed by atoms with E-state index in [2.05, 4.69) is 9.84 Å². The zero-order chi connectivity index (χ0) is 13.2. The van der Waals surface area contributed by atoms with Crippen molar-refractivity contribution in [3.05, 3.63) is 24.3 Å². The second kappa shape index (κ2) is 4.63. The van der Waals surface area contributed by atoms with Gasteiger partial charge in [0.25, 0.3) is 0 Å². The zero-order valence-corrected chi connectivity index (χ0v) is 9.27. The van der Waals surface area contributed by atoms with Gasteiger partial charge in [-0.15, -0.1) is 13.2 Å². The maximum atomic E-state index is 12.1. The van der Waals surface area contributed by atoms with Gasteiger partial charge in [0.05, 0.1) is 12.8 Å². The van der Waals surface area contributed by atoms with Gasteiger partial charge in [-0.25, -0.2) is 5.01 Å². The highest BCUT2D eigenvalue weighted by Gasteiger charge is 2.31. The molecule has 2 rings (SSSR count). The number of alkyl halides is 3. The van der Waals surface area contributed by atoms with Crippen LogP contribution in [-0.4, -0.2) is 26.3 Å². The molecule has 1 aromatic carbocycles. The molecule has 0 N–H and O–H groups in total. The Bertz CT molecular complexity index is 462.